The van der Waals surface area contributed by atoms with Crippen LogP contribution in [0.5, 0.6) is 0 Å². The molecule has 0 amide bonds. The van der Waals surface area contributed by atoms with Crippen molar-refractivity contribution in [3.63, 3.8) is 0 Å². The van der Waals surface area contributed by atoms with E-state index >= 15 is 0 Å². The van der Waals surface area contributed by atoms with Crippen molar-refractivity contribution in [3.05, 3.63) is 76.4 Å². The molecule has 0 aromatic heterocycles. The number of hydrogen-bond acceptors (Lipinski definition) is 6. The lowest BCUT2D eigenvalue weighted by Gasteiger charge is -2.24. The number of aryl methyl sites for hydroxylation is 1. The van der Waals surface area contributed by atoms with Crippen LogP contribution in [0.3, 0.4) is 0 Å². The molecule has 2 unspecified atom stereocenters. The first kappa shape index (κ1) is 22.6. The molecule has 2 aromatic carbocycles. The highest BCUT2D eigenvalue weighted by atomic mass is 32.2. The van der Waals surface area contributed by atoms with Crippen molar-refractivity contribution >= 4 is 25.7 Å². The van der Waals surface area contributed by atoms with Gasteiger partial charge in [-0.1, -0.05) is 42.0 Å². The van der Waals surface area contributed by atoms with Crippen molar-refractivity contribution in [2.24, 2.45) is 11.8 Å². The molecule has 2 aliphatic rings. The molecule has 2 aromatic rings. The highest BCUT2D eigenvalue weighted by Gasteiger charge is 2.43. The van der Waals surface area contributed by atoms with Crippen molar-refractivity contribution in [1.82, 2.24) is 8.61 Å². The van der Waals surface area contributed by atoms with Gasteiger partial charge in [-0.2, -0.15) is 8.61 Å². The van der Waals surface area contributed by atoms with Gasteiger partial charge >= 0.3 is 0 Å². The summed E-state index contributed by atoms with van der Waals surface area (Å²) in [5.74, 6) is -0.433. The number of hydrogen-bond donors (Lipinski definition) is 0. The standard InChI is InChI=1S/C21H23N3O6S2/c1-16-8-10-19(11-9-16)31(27,28)22-12-4-5-17-13-23(15-18(17)14-22)32(29,30)21-7-3-2-6-20(21)24(25)26/h2-11,17-18H,12-15H2,1H3. The lowest BCUT2D eigenvalue weighted by molar-refractivity contribution is -0.387. The van der Waals surface area contributed by atoms with Crippen molar-refractivity contribution < 1.29 is 21.8 Å². The van der Waals surface area contributed by atoms with E-state index < -0.39 is 30.7 Å². The predicted octanol–water partition coefficient (Wildman–Crippen LogP) is 2.40. The van der Waals surface area contributed by atoms with Crippen LogP contribution in [0.25, 0.3) is 0 Å². The average Bonchev–Trinajstić information content (AvgIpc) is 3.06. The fourth-order valence-electron chi connectivity index (χ4n) is 4.17. The molecular formula is C21H23N3O6S2. The summed E-state index contributed by atoms with van der Waals surface area (Å²) >= 11 is 0. The summed E-state index contributed by atoms with van der Waals surface area (Å²) in [5.41, 5.74) is 0.477. The molecule has 0 saturated carbocycles. The molecule has 2 heterocycles. The minimum absolute atomic E-state index is 0.0866. The molecular weight excluding hydrogens is 454 g/mol. The van der Waals surface area contributed by atoms with Gasteiger partial charge in [0.25, 0.3) is 5.69 Å². The summed E-state index contributed by atoms with van der Waals surface area (Å²) in [6, 6.07) is 11.9. The van der Waals surface area contributed by atoms with E-state index in [4.69, 9.17) is 0 Å². The number of fused-ring (bicyclic) bond motifs is 1. The number of para-hydroxylation sites is 1. The molecule has 11 heteroatoms. The number of rotatable bonds is 5. The van der Waals surface area contributed by atoms with Gasteiger partial charge in [-0.3, -0.25) is 10.1 Å². The van der Waals surface area contributed by atoms with Crippen LogP contribution in [-0.2, 0) is 20.0 Å². The third-order valence-corrected chi connectivity index (χ3v) is 9.65. The normalized spacial score (nSPS) is 22.4. The molecule has 1 fully saturated rings. The van der Waals surface area contributed by atoms with Crippen LogP contribution in [-0.4, -0.2) is 56.5 Å². The van der Waals surface area contributed by atoms with Crippen molar-refractivity contribution in [2.75, 3.05) is 26.2 Å². The van der Waals surface area contributed by atoms with Gasteiger partial charge in [-0.25, -0.2) is 16.8 Å². The predicted molar refractivity (Wildman–Crippen MR) is 118 cm³/mol. The van der Waals surface area contributed by atoms with E-state index in [9.17, 15) is 26.9 Å². The van der Waals surface area contributed by atoms with Crippen LogP contribution in [0.4, 0.5) is 5.69 Å². The Balaban J connectivity index is 1.59. The average molecular weight is 478 g/mol. The smallest absolute Gasteiger partial charge is 0.258 e. The van der Waals surface area contributed by atoms with Crippen LogP contribution in [0.15, 0.2) is 70.5 Å². The van der Waals surface area contributed by atoms with E-state index in [0.29, 0.717) is 0 Å². The Morgan fingerprint density at radius 3 is 2.25 bits per heavy atom. The Bertz CT molecular complexity index is 1270. The molecule has 0 radical (unpaired) electrons. The van der Waals surface area contributed by atoms with E-state index in [1.807, 2.05) is 13.0 Å². The maximum Gasteiger partial charge on any atom is 0.289 e. The lowest BCUT2D eigenvalue weighted by Crippen LogP contribution is -2.37. The van der Waals surface area contributed by atoms with Gasteiger partial charge in [0.15, 0.2) is 4.90 Å². The van der Waals surface area contributed by atoms with Crippen LogP contribution in [0.2, 0.25) is 0 Å². The van der Waals surface area contributed by atoms with E-state index in [0.717, 1.165) is 11.6 Å². The summed E-state index contributed by atoms with van der Waals surface area (Å²) in [7, 11) is -7.84. The minimum atomic E-state index is -4.10. The molecule has 2 atom stereocenters. The number of benzene rings is 2. The number of nitro benzene ring substituents is 1. The maximum absolute atomic E-state index is 13.2. The first-order valence-electron chi connectivity index (χ1n) is 10.1. The molecule has 0 spiro atoms. The molecule has 1 saturated heterocycles. The Hall–Kier alpha value is -2.60. The third-order valence-electron chi connectivity index (χ3n) is 5.93. The van der Waals surface area contributed by atoms with Crippen LogP contribution >= 0.6 is 0 Å². The Morgan fingerprint density at radius 1 is 0.906 bits per heavy atom. The number of sulfonamides is 2. The molecule has 170 valence electrons. The highest BCUT2D eigenvalue weighted by molar-refractivity contribution is 7.89. The van der Waals surface area contributed by atoms with Gasteiger partial charge in [0.1, 0.15) is 0 Å². The fourth-order valence-corrected chi connectivity index (χ4v) is 7.31. The Kier molecular flexibility index (Phi) is 5.93. The Morgan fingerprint density at radius 2 is 1.56 bits per heavy atom. The van der Waals surface area contributed by atoms with Crippen molar-refractivity contribution in [1.29, 1.82) is 0 Å². The Labute approximate surface area is 187 Å². The highest BCUT2D eigenvalue weighted by Crippen LogP contribution is 2.35. The second kappa shape index (κ2) is 8.39. The molecule has 0 aliphatic carbocycles. The SMILES string of the molecule is Cc1ccc(S(=O)(=O)N2CC=CC3CN(S(=O)(=O)c4ccccc4[N+](=O)[O-])CC3C2)cc1. The fraction of sp³-hybridized carbons (Fsp3) is 0.333. The summed E-state index contributed by atoms with van der Waals surface area (Å²) in [5, 5.41) is 11.3. The van der Waals surface area contributed by atoms with E-state index in [1.54, 1.807) is 30.3 Å². The van der Waals surface area contributed by atoms with Gasteiger partial charge in [-0.15, -0.1) is 0 Å². The van der Waals surface area contributed by atoms with Crippen molar-refractivity contribution in [2.45, 2.75) is 16.7 Å². The van der Waals surface area contributed by atoms with E-state index in [2.05, 4.69) is 0 Å². The van der Waals surface area contributed by atoms with Crippen LogP contribution in [0, 0.1) is 28.9 Å². The molecule has 0 N–H and O–H groups in total. The van der Waals surface area contributed by atoms with Gasteiger partial charge < -0.3 is 0 Å². The third kappa shape index (κ3) is 4.08. The molecule has 0 bridgehead atoms. The summed E-state index contributed by atoms with van der Waals surface area (Å²) in [6.45, 7) is 2.48. The van der Waals surface area contributed by atoms with Crippen molar-refractivity contribution in [3.8, 4) is 0 Å². The van der Waals surface area contributed by atoms with Crippen LogP contribution in [0.1, 0.15) is 5.56 Å². The molecule has 2 aliphatic heterocycles. The van der Waals surface area contributed by atoms with E-state index in [1.165, 1.54) is 26.8 Å². The van der Waals surface area contributed by atoms with Gasteiger partial charge in [-0.05, 0) is 37.0 Å². The molecule has 32 heavy (non-hydrogen) atoms. The van der Waals surface area contributed by atoms with Gasteiger partial charge in [0.2, 0.25) is 20.0 Å². The quantitative estimate of drug-likeness (QED) is 0.371. The van der Waals surface area contributed by atoms with Crippen LogP contribution < -0.4 is 0 Å². The summed E-state index contributed by atoms with van der Waals surface area (Å²) in [6.07, 6.45) is 3.60. The monoisotopic (exact) mass is 477 g/mol. The first-order valence-corrected chi connectivity index (χ1v) is 13.0. The molecule has 9 nitrogen and oxygen atoms in total. The number of nitro groups is 1. The minimum Gasteiger partial charge on any atom is -0.258 e. The maximum atomic E-state index is 13.2. The summed E-state index contributed by atoms with van der Waals surface area (Å²) in [4.78, 5) is 10.5. The number of nitrogens with zero attached hydrogens (tertiary/aromatic N) is 3. The largest absolute Gasteiger partial charge is 0.289 e. The zero-order valence-electron chi connectivity index (χ0n) is 17.4. The lowest BCUT2D eigenvalue weighted by atomic mass is 9.97. The molecule has 4 rings (SSSR count). The zero-order valence-corrected chi connectivity index (χ0v) is 19.0. The van der Waals surface area contributed by atoms with Gasteiger partial charge in [0, 0.05) is 32.2 Å². The second-order valence-corrected chi connectivity index (χ2v) is 11.9. The zero-order chi connectivity index (χ0) is 23.1. The summed E-state index contributed by atoms with van der Waals surface area (Å²) < 4.78 is 55.2. The second-order valence-electron chi connectivity index (χ2n) is 8.03. The van der Waals surface area contributed by atoms with Gasteiger partial charge in [0.05, 0.1) is 9.82 Å². The topological polar surface area (TPSA) is 118 Å². The first-order chi connectivity index (χ1) is 15.1. The van der Waals surface area contributed by atoms with E-state index in [-0.39, 0.29) is 47.8 Å².